The van der Waals surface area contributed by atoms with Gasteiger partial charge in [-0.15, -0.1) is 0 Å². The van der Waals surface area contributed by atoms with E-state index in [-0.39, 0.29) is 0 Å². The molecule has 0 radical (unpaired) electrons. The number of nitrogen functional groups attached to an aromatic ring is 1. The highest BCUT2D eigenvalue weighted by atomic mass is 15.3. The molecule has 0 amide bonds. The van der Waals surface area contributed by atoms with E-state index >= 15 is 0 Å². The Morgan fingerprint density at radius 1 is 1.24 bits per heavy atom. The molecule has 0 spiro atoms. The molecule has 0 aliphatic rings. The number of nitrogens with two attached hydrogens (primary N) is 1. The number of pyridine rings is 1. The van der Waals surface area contributed by atoms with Crippen molar-refractivity contribution in [3.05, 3.63) is 91.7 Å². The molecule has 29 heavy (non-hydrogen) atoms. The number of anilines is 2. The first-order chi connectivity index (χ1) is 14.0. The number of hydrogen-bond acceptors (Lipinski definition) is 6. The van der Waals surface area contributed by atoms with Gasteiger partial charge >= 0.3 is 0 Å². The minimum absolute atomic E-state index is 0.513. The lowest BCUT2D eigenvalue weighted by atomic mass is 10.2. The summed E-state index contributed by atoms with van der Waals surface area (Å²) in [4.78, 5) is 6.44. The van der Waals surface area contributed by atoms with Crippen molar-refractivity contribution < 1.29 is 0 Å². The minimum Gasteiger partial charge on any atom is -0.396 e. The second kappa shape index (κ2) is 8.71. The summed E-state index contributed by atoms with van der Waals surface area (Å²) in [6.07, 6.45) is 8.15. The SMILES string of the molecule is C=C/C=C(\C=N)NC(=C)N(C)c1nc(-c2cnn(-c3ccccc3)c2)ccc1N. The van der Waals surface area contributed by atoms with E-state index in [1.807, 2.05) is 42.6 Å². The summed E-state index contributed by atoms with van der Waals surface area (Å²) in [5, 5.41) is 14.9. The zero-order valence-electron chi connectivity index (χ0n) is 16.2. The number of nitrogens with zero attached hydrogens (tertiary/aromatic N) is 4. The molecule has 0 saturated carbocycles. The van der Waals surface area contributed by atoms with Crippen LogP contribution in [0.4, 0.5) is 11.5 Å². The lowest BCUT2D eigenvalue weighted by Crippen LogP contribution is -2.29. The van der Waals surface area contributed by atoms with Crippen LogP contribution in [0.15, 0.2) is 91.7 Å². The first-order valence-electron chi connectivity index (χ1n) is 8.93. The van der Waals surface area contributed by atoms with Crippen LogP contribution in [0.5, 0.6) is 0 Å². The largest absolute Gasteiger partial charge is 0.396 e. The van der Waals surface area contributed by atoms with Gasteiger partial charge in [-0.05, 0) is 30.3 Å². The van der Waals surface area contributed by atoms with Gasteiger partial charge in [-0.3, -0.25) is 0 Å². The summed E-state index contributed by atoms with van der Waals surface area (Å²) in [5.74, 6) is 1.08. The summed E-state index contributed by atoms with van der Waals surface area (Å²) in [5.41, 5.74) is 9.80. The van der Waals surface area contributed by atoms with Gasteiger partial charge in [0.2, 0.25) is 0 Å². The van der Waals surface area contributed by atoms with E-state index in [2.05, 4.69) is 23.6 Å². The highest BCUT2D eigenvalue weighted by molar-refractivity contribution is 5.77. The van der Waals surface area contributed by atoms with E-state index in [0.717, 1.165) is 16.9 Å². The molecule has 7 nitrogen and oxygen atoms in total. The average Bonchev–Trinajstić information content (AvgIpc) is 3.24. The van der Waals surface area contributed by atoms with Crippen molar-refractivity contribution >= 4 is 17.7 Å². The second-order valence-corrected chi connectivity index (χ2v) is 6.25. The van der Waals surface area contributed by atoms with Crippen LogP contribution < -0.4 is 16.0 Å². The van der Waals surface area contributed by atoms with E-state index in [4.69, 9.17) is 16.1 Å². The molecule has 7 heteroatoms. The summed E-state index contributed by atoms with van der Waals surface area (Å²) in [6, 6.07) is 13.5. The predicted octanol–water partition coefficient (Wildman–Crippen LogP) is 3.73. The molecule has 146 valence electrons. The third-order valence-electron chi connectivity index (χ3n) is 4.27. The second-order valence-electron chi connectivity index (χ2n) is 6.25. The Bertz CT molecular complexity index is 1060. The topological polar surface area (TPSA) is 95.9 Å². The van der Waals surface area contributed by atoms with Crippen LogP contribution in [0.25, 0.3) is 16.9 Å². The van der Waals surface area contributed by atoms with Crippen LogP contribution in [-0.2, 0) is 0 Å². The van der Waals surface area contributed by atoms with Crippen LogP contribution in [0.2, 0.25) is 0 Å². The maximum atomic E-state index is 7.45. The summed E-state index contributed by atoms with van der Waals surface area (Å²) in [6.45, 7) is 7.65. The summed E-state index contributed by atoms with van der Waals surface area (Å²) in [7, 11) is 1.81. The zero-order chi connectivity index (χ0) is 20.8. The predicted molar refractivity (Wildman–Crippen MR) is 119 cm³/mol. The van der Waals surface area contributed by atoms with Crippen LogP contribution >= 0.6 is 0 Å². The molecule has 3 aromatic rings. The first kappa shape index (κ1) is 19.6. The number of aromatic nitrogens is 3. The van der Waals surface area contributed by atoms with Gasteiger partial charge in [0.05, 0.1) is 29.0 Å². The monoisotopic (exact) mass is 385 g/mol. The standard InChI is InChI=1S/C22H23N7/c1-4-8-18(13-23)26-16(2)28(3)22-20(24)11-12-21(27-22)17-14-25-29(15-17)19-9-6-5-7-10-19/h4-15,23,26H,1-2,24H2,3H3/b18-8+,23-13?. The molecule has 0 fully saturated rings. The smallest absolute Gasteiger partial charge is 0.157 e. The third-order valence-corrected chi connectivity index (χ3v) is 4.27. The van der Waals surface area contributed by atoms with Gasteiger partial charge in [0.25, 0.3) is 0 Å². The number of benzene rings is 1. The number of rotatable bonds is 8. The molecule has 0 saturated heterocycles. The maximum Gasteiger partial charge on any atom is 0.157 e. The van der Waals surface area contributed by atoms with Gasteiger partial charge in [-0.1, -0.05) is 37.4 Å². The molecule has 0 atom stereocenters. The lowest BCUT2D eigenvalue weighted by Gasteiger charge is -2.23. The minimum atomic E-state index is 0.513. The molecular weight excluding hydrogens is 362 g/mol. The Labute approximate surface area is 170 Å². The van der Waals surface area contributed by atoms with Crippen LogP contribution in [0.3, 0.4) is 0 Å². The van der Waals surface area contributed by atoms with Gasteiger partial charge < -0.3 is 21.4 Å². The normalized spacial score (nSPS) is 11.0. The highest BCUT2D eigenvalue weighted by Crippen LogP contribution is 2.27. The number of para-hydroxylation sites is 1. The van der Waals surface area contributed by atoms with Gasteiger partial charge in [-0.2, -0.15) is 5.10 Å². The van der Waals surface area contributed by atoms with Crippen molar-refractivity contribution in [1.82, 2.24) is 20.1 Å². The molecule has 0 aliphatic heterocycles. The quantitative estimate of drug-likeness (QED) is 0.406. The van der Waals surface area contributed by atoms with Crippen molar-refractivity contribution in [2.75, 3.05) is 17.7 Å². The van der Waals surface area contributed by atoms with Gasteiger partial charge in [0.1, 0.15) is 5.82 Å². The fourth-order valence-electron chi connectivity index (χ4n) is 2.70. The molecule has 2 heterocycles. The number of allylic oxidation sites excluding steroid dienone is 3. The Kier molecular flexibility index (Phi) is 5.89. The van der Waals surface area contributed by atoms with Crippen LogP contribution in [0, 0.1) is 5.41 Å². The molecule has 0 unspecified atom stereocenters. The van der Waals surface area contributed by atoms with E-state index < -0.39 is 0 Å². The fourth-order valence-corrected chi connectivity index (χ4v) is 2.70. The van der Waals surface area contributed by atoms with Crippen molar-refractivity contribution in [3.63, 3.8) is 0 Å². The average molecular weight is 385 g/mol. The third kappa shape index (κ3) is 4.41. The van der Waals surface area contributed by atoms with E-state index in [0.29, 0.717) is 23.0 Å². The Hall–Kier alpha value is -4.13. The molecule has 1 aromatic carbocycles. The summed E-state index contributed by atoms with van der Waals surface area (Å²) < 4.78 is 1.80. The van der Waals surface area contributed by atoms with Crippen molar-refractivity contribution in [3.8, 4) is 16.9 Å². The Balaban J connectivity index is 1.87. The van der Waals surface area contributed by atoms with E-state index in [9.17, 15) is 0 Å². The summed E-state index contributed by atoms with van der Waals surface area (Å²) >= 11 is 0. The molecule has 4 N–H and O–H groups in total. The van der Waals surface area contributed by atoms with Gasteiger partial charge in [-0.25, -0.2) is 9.67 Å². The van der Waals surface area contributed by atoms with Crippen molar-refractivity contribution in [1.29, 1.82) is 5.41 Å². The fraction of sp³-hybridized carbons (Fsp3) is 0.0455. The zero-order valence-corrected chi connectivity index (χ0v) is 16.2. The van der Waals surface area contributed by atoms with Crippen LogP contribution in [0.1, 0.15) is 0 Å². The van der Waals surface area contributed by atoms with Gasteiger partial charge in [0.15, 0.2) is 5.82 Å². The Morgan fingerprint density at radius 3 is 2.69 bits per heavy atom. The Morgan fingerprint density at radius 2 is 2.00 bits per heavy atom. The van der Waals surface area contributed by atoms with Crippen LogP contribution in [-0.4, -0.2) is 28.0 Å². The maximum absolute atomic E-state index is 7.45. The lowest BCUT2D eigenvalue weighted by molar-refractivity contribution is 0.880. The molecule has 2 aromatic heterocycles. The molecule has 3 rings (SSSR count). The molecule has 0 bridgehead atoms. The molecule has 0 aliphatic carbocycles. The van der Waals surface area contributed by atoms with Gasteiger partial charge in [0, 0.05) is 25.0 Å². The van der Waals surface area contributed by atoms with Crippen molar-refractivity contribution in [2.24, 2.45) is 0 Å². The highest BCUT2D eigenvalue weighted by Gasteiger charge is 2.14. The number of hydrogen-bond donors (Lipinski definition) is 3. The van der Waals surface area contributed by atoms with Crippen molar-refractivity contribution in [2.45, 2.75) is 0 Å². The number of nitrogens with one attached hydrogen (secondary N) is 2. The van der Waals surface area contributed by atoms with E-state index in [1.165, 1.54) is 6.21 Å². The molecular formula is C22H23N7. The first-order valence-corrected chi connectivity index (χ1v) is 8.93. The van der Waals surface area contributed by atoms with E-state index in [1.54, 1.807) is 41.0 Å².